The first-order valence-electron chi connectivity index (χ1n) is 6.01. The van der Waals surface area contributed by atoms with Crippen LogP contribution in [0.5, 0.6) is 0 Å². The van der Waals surface area contributed by atoms with Crippen LogP contribution in [0.15, 0.2) is 24.5 Å². The fourth-order valence-corrected chi connectivity index (χ4v) is 2.36. The van der Waals surface area contributed by atoms with Crippen molar-refractivity contribution in [2.75, 3.05) is 0 Å². The molecule has 0 aliphatic heterocycles. The van der Waals surface area contributed by atoms with Gasteiger partial charge in [-0.05, 0) is 12.1 Å². The zero-order valence-corrected chi connectivity index (χ0v) is 11.5. The van der Waals surface area contributed by atoms with Crippen LogP contribution in [0.4, 0.5) is 0 Å². The molecule has 0 unspecified atom stereocenters. The van der Waals surface area contributed by atoms with Crippen molar-refractivity contribution in [1.29, 1.82) is 5.26 Å². The largest absolute Gasteiger partial charge is 0.319 e. The predicted octanol–water partition coefficient (Wildman–Crippen LogP) is 1.82. The minimum absolute atomic E-state index is 0.275. The molecule has 2 heterocycles. The van der Waals surface area contributed by atoms with Gasteiger partial charge in [-0.1, -0.05) is 6.07 Å². The third-order valence-electron chi connectivity index (χ3n) is 3.20. The van der Waals surface area contributed by atoms with E-state index in [2.05, 4.69) is 21.3 Å². The highest BCUT2D eigenvalue weighted by atomic mass is 35.5. The third kappa shape index (κ3) is 1.92. The number of aryl methyl sites for hydroxylation is 1. The molecule has 0 bridgehead atoms. The molecule has 0 N–H and O–H groups in total. The highest BCUT2D eigenvalue weighted by Gasteiger charge is 2.14. The minimum atomic E-state index is 0.275. The molecule has 3 aromatic rings. The summed E-state index contributed by atoms with van der Waals surface area (Å²) in [5, 5.41) is 17.1. The van der Waals surface area contributed by atoms with Crippen LogP contribution in [0.1, 0.15) is 17.2 Å². The van der Waals surface area contributed by atoms with E-state index in [1.165, 1.54) is 0 Å². The van der Waals surface area contributed by atoms with Gasteiger partial charge in [0, 0.05) is 7.05 Å². The van der Waals surface area contributed by atoms with Crippen LogP contribution in [0.3, 0.4) is 0 Å². The molecule has 0 aliphatic rings. The Kier molecular flexibility index (Phi) is 3.12. The number of aromatic nitrogens is 5. The molecule has 6 nitrogen and oxygen atoms in total. The second kappa shape index (κ2) is 4.94. The number of benzene rings is 1. The molecule has 0 atom stereocenters. The Labute approximate surface area is 120 Å². The van der Waals surface area contributed by atoms with E-state index in [4.69, 9.17) is 16.9 Å². The lowest BCUT2D eigenvalue weighted by Gasteiger charge is -2.06. The monoisotopic (exact) mass is 286 g/mol. The Morgan fingerprint density at radius 1 is 1.35 bits per heavy atom. The summed E-state index contributed by atoms with van der Waals surface area (Å²) in [5.41, 5.74) is 2.10. The Balaban J connectivity index is 2.19. The van der Waals surface area contributed by atoms with Crippen molar-refractivity contribution in [3.63, 3.8) is 0 Å². The molecule has 7 heteroatoms. The summed E-state index contributed by atoms with van der Waals surface area (Å²) >= 11 is 5.97. The third-order valence-corrected chi connectivity index (χ3v) is 3.44. The van der Waals surface area contributed by atoms with Crippen molar-refractivity contribution in [3.05, 3.63) is 41.7 Å². The molecule has 0 saturated heterocycles. The highest BCUT2D eigenvalue weighted by molar-refractivity contribution is 6.16. The van der Waals surface area contributed by atoms with Gasteiger partial charge in [-0.25, -0.2) is 4.98 Å². The molecule has 0 spiro atoms. The molecule has 0 amide bonds. The lowest BCUT2D eigenvalue weighted by atomic mass is 10.2. The van der Waals surface area contributed by atoms with E-state index in [1.54, 1.807) is 12.4 Å². The Bertz CT molecular complexity index is 810. The van der Waals surface area contributed by atoms with Crippen molar-refractivity contribution in [2.45, 2.75) is 12.4 Å². The molecule has 1 aromatic carbocycles. The number of hydrogen-bond donors (Lipinski definition) is 0. The average Bonchev–Trinajstić information content (AvgIpc) is 3.03. The van der Waals surface area contributed by atoms with Crippen LogP contribution in [0, 0.1) is 11.3 Å². The molecular weight excluding hydrogens is 276 g/mol. The normalized spacial score (nSPS) is 10.8. The van der Waals surface area contributed by atoms with Crippen LogP contribution in [0.25, 0.3) is 11.0 Å². The van der Waals surface area contributed by atoms with Crippen LogP contribution in [0.2, 0.25) is 0 Å². The lowest BCUT2D eigenvalue weighted by Crippen LogP contribution is -2.08. The summed E-state index contributed by atoms with van der Waals surface area (Å²) < 4.78 is 3.81. The fraction of sp³-hybridized carbons (Fsp3) is 0.231. The summed E-state index contributed by atoms with van der Waals surface area (Å²) in [6, 6.07) is 7.67. The molecule has 20 heavy (non-hydrogen) atoms. The number of hydrogen-bond acceptors (Lipinski definition) is 4. The van der Waals surface area contributed by atoms with E-state index in [-0.39, 0.29) is 5.88 Å². The molecular formula is C13H11ClN6. The highest BCUT2D eigenvalue weighted by Crippen LogP contribution is 2.21. The van der Waals surface area contributed by atoms with E-state index in [1.807, 2.05) is 28.3 Å². The zero-order valence-electron chi connectivity index (χ0n) is 10.8. The van der Waals surface area contributed by atoms with Gasteiger partial charge in [0.25, 0.3) is 0 Å². The number of alkyl halides is 1. The van der Waals surface area contributed by atoms with Crippen LogP contribution in [-0.2, 0) is 19.5 Å². The quantitative estimate of drug-likeness (QED) is 0.689. The van der Waals surface area contributed by atoms with Crippen molar-refractivity contribution in [3.8, 4) is 6.07 Å². The Hall–Kier alpha value is -2.39. The van der Waals surface area contributed by atoms with Gasteiger partial charge in [0.2, 0.25) is 0 Å². The molecule has 0 aliphatic carbocycles. The van der Waals surface area contributed by atoms with Gasteiger partial charge in [-0.2, -0.15) is 5.26 Å². The first-order valence-corrected chi connectivity index (χ1v) is 6.55. The average molecular weight is 287 g/mol. The second-order valence-electron chi connectivity index (χ2n) is 4.39. The number of nitrogens with zero attached hydrogens (tertiary/aromatic N) is 6. The standard InChI is InChI=1S/C13H11ClN6/c1-19-8-16-18-12(19)7-20-10-4-2-3-9(6-15)13(10)17-11(20)5-14/h2-4,8H,5,7H2,1H3. The van der Waals surface area contributed by atoms with E-state index >= 15 is 0 Å². The van der Waals surface area contributed by atoms with Gasteiger partial charge >= 0.3 is 0 Å². The summed E-state index contributed by atoms with van der Waals surface area (Å²) in [6.07, 6.45) is 1.65. The summed E-state index contributed by atoms with van der Waals surface area (Å²) in [5.74, 6) is 1.79. The van der Waals surface area contributed by atoms with Crippen molar-refractivity contribution in [2.24, 2.45) is 7.05 Å². The van der Waals surface area contributed by atoms with Crippen LogP contribution >= 0.6 is 11.6 Å². The predicted molar refractivity (Wildman–Crippen MR) is 74.1 cm³/mol. The van der Waals surface area contributed by atoms with Crippen molar-refractivity contribution in [1.82, 2.24) is 24.3 Å². The fourth-order valence-electron chi connectivity index (χ4n) is 2.16. The maximum atomic E-state index is 9.15. The molecule has 0 radical (unpaired) electrons. The van der Waals surface area contributed by atoms with Crippen LogP contribution in [-0.4, -0.2) is 24.3 Å². The van der Waals surface area contributed by atoms with Gasteiger partial charge in [-0.15, -0.1) is 21.8 Å². The number of halogens is 1. The lowest BCUT2D eigenvalue weighted by molar-refractivity contribution is 0.691. The first kappa shape index (κ1) is 12.6. The van der Waals surface area contributed by atoms with E-state index < -0.39 is 0 Å². The van der Waals surface area contributed by atoms with Gasteiger partial charge < -0.3 is 9.13 Å². The molecule has 3 rings (SSSR count). The van der Waals surface area contributed by atoms with Crippen LogP contribution < -0.4 is 0 Å². The second-order valence-corrected chi connectivity index (χ2v) is 4.66. The van der Waals surface area contributed by atoms with E-state index in [0.717, 1.165) is 11.3 Å². The number of fused-ring (bicyclic) bond motifs is 1. The number of para-hydroxylation sites is 1. The maximum absolute atomic E-state index is 9.15. The molecule has 0 saturated carbocycles. The van der Waals surface area contributed by atoms with Gasteiger partial charge in [0.1, 0.15) is 23.7 Å². The maximum Gasteiger partial charge on any atom is 0.152 e. The SMILES string of the molecule is Cn1cnnc1Cn1c(CCl)nc2c(C#N)cccc21. The topological polar surface area (TPSA) is 72.3 Å². The van der Waals surface area contributed by atoms with Gasteiger partial charge in [0.05, 0.1) is 23.5 Å². The molecule has 100 valence electrons. The van der Waals surface area contributed by atoms with E-state index in [0.29, 0.717) is 23.4 Å². The zero-order chi connectivity index (χ0) is 14.1. The Morgan fingerprint density at radius 3 is 2.85 bits per heavy atom. The molecule has 0 fully saturated rings. The smallest absolute Gasteiger partial charge is 0.152 e. The number of nitriles is 1. The Morgan fingerprint density at radius 2 is 2.20 bits per heavy atom. The number of imidazole rings is 1. The molecule has 2 aromatic heterocycles. The summed E-state index contributed by atoms with van der Waals surface area (Å²) in [4.78, 5) is 4.46. The first-order chi connectivity index (χ1) is 9.74. The van der Waals surface area contributed by atoms with Crippen molar-refractivity contribution >= 4 is 22.6 Å². The van der Waals surface area contributed by atoms with E-state index in [9.17, 15) is 0 Å². The number of rotatable bonds is 3. The summed E-state index contributed by atoms with van der Waals surface area (Å²) in [7, 11) is 1.88. The van der Waals surface area contributed by atoms with Gasteiger partial charge in [-0.3, -0.25) is 0 Å². The van der Waals surface area contributed by atoms with Crippen molar-refractivity contribution < 1.29 is 0 Å². The minimum Gasteiger partial charge on any atom is -0.319 e. The summed E-state index contributed by atoms with van der Waals surface area (Å²) in [6.45, 7) is 0.518. The van der Waals surface area contributed by atoms with Gasteiger partial charge in [0.15, 0.2) is 5.82 Å².